The highest BCUT2D eigenvalue weighted by Gasteiger charge is 2.16. The maximum absolute atomic E-state index is 5.57. The molecule has 20 heavy (non-hydrogen) atoms. The summed E-state index contributed by atoms with van der Waals surface area (Å²) in [5, 5.41) is 4.41. The number of hydrogen-bond acceptors (Lipinski definition) is 4. The monoisotopic (exact) mass is 274 g/mol. The molecular formula is C15H22N4O. The van der Waals surface area contributed by atoms with Crippen molar-refractivity contribution in [2.45, 2.75) is 27.2 Å². The third-order valence-corrected chi connectivity index (χ3v) is 3.65. The zero-order chi connectivity index (χ0) is 14.9. The van der Waals surface area contributed by atoms with Crippen molar-refractivity contribution in [2.75, 3.05) is 13.7 Å². The number of nitrogens with two attached hydrogens (primary N) is 1. The Bertz CT molecular complexity index is 631. The third-order valence-electron chi connectivity index (χ3n) is 3.65. The summed E-state index contributed by atoms with van der Waals surface area (Å²) in [7, 11) is 3.62. The highest BCUT2D eigenvalue weighted by molar-refractivity contribution is 5.67. The van der Waals surface area contributed by atoms with E-state index in [1.54, 1.807) is 7.11 Å². The molecular weight excluding hydrogens is 252 g/mol. The average Bonchev–Trinajstić information content (AvgIpc) is 2.76. The molecule has 1 heterocycles. The fourth-order valence-electron chi connectivity index (χ4n) is 2.51. The maximum atomic E-state index is 5.57. The van der Waals surface area contributed by atoms with Gasteiger partial charge in [0.15, 0.2) is 11.6 Å². The van der Waals surface area contributed by atoms with Gasteiger partial charge in [0.05, 0.1) is 7.11 Å². The van der Waals surface area contributed by atoms with Gasteiger partial charge in [0.25, 0.3) is 0 Å². The molecule has 0 amide bonds. The van der Waals surface area contributed by atoms with Gasteiger partial charge >= 0.3 is 0 Å². The summed E-state index contributed by atoms with van der Waals surface area (Å²) in [6, 6.07) is 2.11. The van der Waals surface area contributed by atoms with Crippen molar-refractivity contribution in [3.63, 3.8) is 0 Å². The van der Waals surface area contributed by atoms with E-state index in [4.69, 9.17) is 10.5 Å². The second-order valence-corrected chi connectivity index (χ2v) is 5.04. The largest absolute Gasteiger partial charge is 0.496 e. The van der Waals surface area contributed by atoms with Crippen LogP contribution in [0.4, 0.5) is 0 Å². The zero-order valence-electron chi connectivity index (χ0n) is 12.8. The lowest BCUT2D eigenvalue weighted by Crippen LogP contribution is -2.04. The second-order valence-electron chi connectivity index (χ2n) is 5.04. The van der Waals surface area contributed by atoms with Crippen LogP contribution >= 0.6 is 0 Å². The summed E-state index contributed by atoms with van der Waals surface area (Å²) in [5.41, 5.74) is 10.1. The minimum Gasteiger partial charge on any atom is -0.496 e. The number of benzene rings is 1. The number of ether oxygens (including phenoxy) is 1. The molecule has 0 aliphatic rings. The summed E-state index contributed by atoms with van der Waals surface area (Å²) in [5.74, 6) is 2.60. The SMILES string of the molecule is COc1c(C)cc(-c2nc(CCN)nn2C)c(C)c1C. The molecule has 0 atom stereocenters. The van der Waals surface area contributed by atoms with Gasteiger partial charge in [-0.1, -0.05) is 0 Å². The van der Waals surface area contributed by atoms with Gasteiger partial charge in [-0.2, -0.15) is 5.10 Å². The number of aryl methyl sites for hydroxylation is 2. The molecule has 2 rings (SSSR count). The van der Waals surface area contributed by atoms with Crippen molar-refractivity contribution in [3.8, 4) is 17.1 Å². The van der Waals surface area contributed by atoms with E-state index in [-0.39, 0.29) is 0 Å². The smallest absolute Gasteiger partial charge is 0.158 e. The van der Waals surface area contributed by atoms with Gasteiger partial charge in [-0.25, -0.2) is 9.67 Å². The summed E-state index contributed by atoms with van der Waals surface area (Å²) in [4.78, 5) is 4.60. The quantitative estimate of drug-likeness (QED) is 0.925. The fraction of sp³-hybridized carbons (Fsp3) is 0.467. The van der Waals surface area contributed by atoms with Crippen LogP contribution in [-0.2, 0) is 13.5 Å². The van der Waals surface area contributed by atoms with Gasteiger partial charge in [0, 0.05) is 19.0 Å². The molecule has 1 aromatic heterocycles. The number of methoxy groups -OCH3 is 1. The normalized spacial score (nSPS) is 10.9. The Morgan fingerprint density at radius 1 is 1.25 bits per heavy atom. The van der Waals surface area contributed by atoms with Crippen LogP contribution in [-0.4, -0.2) is 28.4 Å². The van der Waals surface area contributed by atoms with E-state index in [1.807, 2.05) is 18.7 Å². The topological polar surface area (TPSA) is 66.0 Å². The minimum atomic E-state index is 0.559. The van der Waals surface area contributed by atoms with Gasteiger partial charge < -0.3 is 10.5 Å². The lowest BCUT2D eigenvalue weighted by atomic mass is 9.98. The Labute approximate surface area is 119 Å². The van der Waals surface area contributed by atoms with Crippen LogP contribution in [0.5, 0.6) is 5.75 Å². The van der Waals surface area contributed by atoms with Crippen molar-refractivity contribution in [3.05, 3.63) is 28.6 Å². The summed E-state index contributed by atoms with van der Waals surface area (Å²) < 4.78 is 7.28. The van der Waals surface area contributed by atoms with Crippen LogP contribution < -0.4 is 10.5 Å². The van der Waals surface area contributed by atoms with Gasteiger partial charge in [-0.15, -0.1) is 0 Å². The summed E-state index contributed by atoms with van der Waals surface area (Å²) in [6.07, 6.45) is 0.695. The van der Waals surface area contributed by atoms with Gasteiger partial charge in [-0.3, -0.25) is 0 Å². The zero-order valence-corrected chi connectivity index (χ0v) is 12.8. The van der Waals surface area contributed by atoms with Crippen molar-refractivity contribution >= 4 is 0 Å². The highest BCUT2D eigenvalue weighted by atomic mass is 16.5. The molecule has 0 saturated carbocycles. The second kappa shape index (κ2) is 5.63. The van der Waals surface area contributed by atoms with Crippen molar-refractivity contribution in [2.24, 2.45) is 12.8 Å². The molecule has 5 nitrogen and oxygen atoms in total. The Hall–Kier alpha value is -1.88. The molecule has 2 aromatic rings. The average molecular weight is 274 g/mol. The molecule has 108 valence electrons. The predicted molar refractivity (Wildman–Crippen MR) is 80.0 cm³/mol. The van der Waals surface area contributed by atoms with E-state index in [9.17, 15) is 0 Å². The van der Waals surface area contributed by atoms with E-state index >= 15 is 0 Å². The van der Waals surface area contributed by atoms with E-state index in [1.165, 1.54) is 5.56 Å². The van der Waals surface area contributed by atoms with Gasteiger partial charge in [-0.05, 0) is 50.1 Å². The molecule has 0 bridgehead atoms. The Morgan fingerprint density at radius 3 is 2.55 bits per heavy atom. The number of rotatable bonds is 4. The van der Waals surface area contributed by atoms with Crippen LogP contribution in [0.2, 0.25) is 0 Å². The lowest BCUT2D eigenvalue weighted by molar-refractivity contribution is 0.408. The Morgan fingerprint density at radius 2 is 1.95 bits per heavy atom. The van der Waals surface area contributed by atoms with E-state index in [0.29, 0.717) is 13.0 Å². The van der Waals surface area contributed by atoms with E-state index in [0.717, 1.165) is 34.1 Å². The first-order valence-corrected chi connectivity index (χ1v) is 6.74. The van der Waals surface area contributed by atoms with Crippen LogP contribution in [0.25, 0.3) is 11.4 Å². The maximum Gasteiger partial charge on any atom is 0.158 e. The molecule has 1 aromatic carbocycles. The fourth-order valence-corrected chi connectivity index (χ4v) is 2.51. The minimum absolute atomic E-state index is 0.559. The molecule has 0 radical (unpaired) electrons. The van der Waals surface area contributed by atoms with E-state index < -0.39 is 0 Å². The van der Waals surface area contributed by atoms with Crippen LogP contribution in [0.1, 0.15) is 22.5 Å². The van der Waals surface area contributed by atoms with Crippen molar-refractivity contribution < 1.29 is 4.74 Å². The molecule has 0 aliphatic heterocycles. The first-order chi connectivity index (χ1) is 9.49. The van der Waals surface area contributed by atoms with Crippen LogP contribution in [0.15, 0.2) is 6.07 Å². The van der Waals surface area contributed by atoms with Crippen molar-refractivity contribution in [1.29, 1.82) is 0 Å². The molecule has 5 heteroatoms. The predicted octanol–water partition coefficient (Wildman–Crippen LogP) is 1.92. The number of hydrogen-bond donors (Lipinski definition) is 1. The van der Waals surface area contributed by atoms with Crippen molar-refractivity contribution in [1.82, 2.24) is 14.8 Å². The Kier molecular flexibility index (Phi) is 4.09. The van der Waals surface area contributed by atoms with E-state index in [2.05, 4.69) is 30.0 Å². The highest BCUT2D eigenvalue weighted by Crippen LogP contribution is 2.33. The standard InChI is InChI=1S/C15H22N4O/c1-9-8-12(10(2)11(3)14(9)20-5)15-17-13(6-7-16)18-19(15)4/h8H,6-7,16H2,1-5H3. The molecule has 0 fully saturated rings. The molecule has 0 unspecified atom stereocenters. The summed E-state index contributed by atoms with van der Waals surface area (Å²) in [6.45, 7) is 6.76. The van der Waals surface area contributed by atoms with Crippen LogP contribution in [0, 0.1) is 20.8 Å². The Balaban J connectivity index is 2.58. The summed E-state index contributed by atoms with van der Waals surface area (Å²) >= 11 is 0. The molecule has 2 N–H and O–H groups in total. The first-order valence-electron chi connectivity index (χ1n) is 6.74. The van der Waals surface area contributed by atoms with Gasteiger partial charge in [0.2, 0.25) is 0 Å². The number of nitrogens with zero attached hydrogens (tertiary/aromatic N) is 3. The van der Waals surface area contributed by atoms with Gasteiger partial charge in [0.1, 0.15) is 5.75 Å². The molecule has 0 saturated heterocycles. The third kappa shape index (κ3) is 2.41. The number of aromatic nitrogens is 3. The van der Waals surface area contributed by atoms with Crippen LogP contribution in [0.3, 0.4) is 0 Å². The molecule has 0 spiro atoms. The molecule has 0 aliphatic carbocycles. The first kappa shape index (κ1) is 14.5. The lowest BCUT2D eigenvalue weighted by Gasteiger charge is -2.15.